The van der Waals surface area contributed by atoms with Gasteiger partial charge in [-0.15, -0.1) is 0 Å². The summed E-state index contributed by atoms with van der Waals surface area (Å²) in [5.74, 6) is 0. The van der Waals surface area contributed by atoms with E-state index in [0.717, 1.165) is 165 Å². The van der Waals surface area contributed by atoms with Gasteiger partial charge in [-0.3, -0.25) is 0 Å². The number of fused-ring (bicyclic) bond motifs is 8. The molecule has 4 aliphatic rings. The molecule has 4 heterocycles. The summed E-state index contributed by atoms with van der Waals surface area (Å²) in [6.45, 7) is -1.32. The number of rotatable bonds is 10. The molecule has 0 amide bonds. The Hall–Kier alpha value is -13.7. The molecule has 0 spiro atoms. The molecule has 0 aromatic heterocycles. The van der Waals surface area contributed by atoms with Crippen molar-refractivity contribution >= 4 is 113 Å². The van der Waals surface area contributed by atoms with Crippen molar-refractivity contribution in [1.82, 2.24) is 0 Å². The zero-order valence-corrected chi connectivity index (χ0v) is 60.0. The highest BCUT2D eigenvalue weighted by Gasteiger charge is 2.48. The van der Waals surface area contributed by atoms with Crippen molar-refractivity contribution < 1.29 is 26.3 Å². The van der Waals surface area contributed by atoms with Gasteiger partial charge in [0.1, 0.15) is 0 Å². The molecule has 0 N–H and O–H groups in total. The van der Waals surface area contributed by atoms with Gasteiger partial charge in [0.2, 0.25) is 13.4 Å². The van der Waals surface area contributed by atoms with Gasteiger partial charge in [0.15, 0.2) is 0 Å². The van der Waals surface area contributed by atoms with Crippen molar-refractivity contribution in [1.29, 1.82) is 0 Å². The zero-order valence-electron chi connectivity index (χ0n) is 60.0. The van der Waals surface area contributed by atoms with E-state index in [1.807, 2.05) is 216 Å². The molecule has 112 heavy (non-hydrogen) atoms. The molecule has 0 aliphatic carbocycles. The molecule has 0 unspecified atom stereocenters. The van der Waals surface area contributed by atoms with E-state index in [0.29, 0.717) is 45.0 Å². The molecule has 2 nitrogen and oxygen atoms in total. The summed E-state index contributed by atoms with van der Waals surface area (Å²) in [6, 6.07) is 122. The first-order valence-electron chi connectivity index (χ1n) is 37.8. The number of para-hydroxylation sites is 4. The van der Waals surface area contributed by atoms with Crippen molar-refractivity contribution in [2.24, 2.45) is 0 Å². The van der Waals surface area contributed by atoms with E-state index in [-0.39, 0.29) is 0 Å². The number of halogens is 6. The van der Waals surface area contributed by atoms with Crippen LogP contribution in [0.25, 0.3) is 144 Å². The molecular formula is C102H60B2F6N2. The molecule has 18 aromatic rings. The Morgan fingerprint density at radius 1 is 0.205 bits per heavy atom. The van der Waals surface area contributed by atoms with E-state index in [9.17, 15) is 0 Å². The van der Waals surface area contributed by atoms with Gasteiger partial charge in [-0.25, -0.2) is 0 Å². The Bertz CT molecular complexity index is 6340. The van der Waals surface area contributed by atoms with E-state index in [1.54, 1.807) is 0 Å². The van der Waals surface area contributed by atoms with E-state index >= 15 is 26.3 Å². The maximum atomic E-state index is 16.8. The fourth-order valence-corrected chi connectivity index (χ4v) is 19.2. The van der Waals surface area contributed by atoms with E-state index in [2.05, 4.69) is 133 Å². The van der Waals surface area contributed by atoms with Gasteiger partial charge in [-0.1, -0.05) is 278 Å². The molecule has 0 saturated heterocycles. The minimum Gasteiger partial charge on any atom is -0.311 e. The lowest BCUT2D eigenvalue weighted by atomic mass is 9.31. The molecule has 22 rings (SSSR count). The summed E-state index contributed by atoms with van der Waals surface area (Å²) in [4.78, 5) is 4.02. The normalized spacial score (nSPS) is 13.0. The van der Waals surface area contributed by atoms with Crippen LogP contribution in [0.2, 0.25) is 0 Å². The molecule has 0 atom stereocenters. The van der Waals surface area contributed by atoms with Crippen molar-refractivity contribution in [3.63, 3.8) is 0 Å². The van der Waals surface area contributed by atoms with Crippen molar-refractivity contribution in [3.05, 3.63) is 375 Å². The van der Waals surface area contributed by atoms with Crippen LogP contribution in [0.1, 0.15) is 11.1 Å². The Labute approximate surface area is 643 Å². The van der Waals surface area contributed by atoms with Crippen LogP contribution >= 0.6 is 0 Å². The van der Waals surface area contributed by atoms with Crippen LogP contribution in [-0.2, 0) is 12.4 Å². The number of hydrogen-bond acceptors (Lipinski definition) is 2. The number of hydrogen-bond donors (Lipinski definition) is 0. The van der Waals surface area contributed by atoms with E-state index < -0.39 is 36.9 Å². The average Bonchev–Trinajstić information content (AvgIpc) is 0.663. The summed E-state index contributed by atoms with van der Waals surface area (Å²) in [5.41, 5.74) is 23.8. The first kappa shape index (κ1) is 65.4. The first-order valence-corrected chi connectivity index (χ1v) is 37.8. The SMILES string of the molecule is FC(F)(F)c1cc2c3c(c1)N(c1ccccc1)c1ccccc1B3c1cc3c(-c4c(-c5ccccc5)cc(-c5ccccc5)cc4-c4ccccc4)cc4c5c(cc6c(-c7c(-c8ccccc8)cc(-c8ccccc8)cc7-c7ccccc7)cc-2c1c6c35)B1c2ccccc2N(c2ccccc2)c2cc(C(F)(F)F)cc-4c21. The number of benzene rings is 18. The third-order valence-corrected chi connectivity index (χ3v) is 23.8. The maximum Gasteiger partial charge on any atom is 0.416 e. The monoisotopic (exact) mass is 1450 g/mol. The smallest absolute Gasteiger partial charge is 0.311 e. The van der Waals surface area contributed by atoms with Crippen LogP contribution in [0.3, 0.4) is 0 Å². The molecule has 10 heteroatoms. The molecular weight excluding hydrogens is 1390 g/mol. The Kier molecular flexibility index (Phi) is 14.6. The predicted molar refractivity (Wildman–Crippen MR) is 453 cm³/mol. The van der Waals surface area contributed by atoms with Crippen LogP contribution in [0.4, 0.5) is 60.5 Å². The summed E-state index contributed by atoms with van der Waals surface area (Å²) in [6.07, 6.45) is -9.62. The van der Waals surface area contributed by atoms with Gasteiger partial charge in [-0.05, 0) is 262 Å². The van der Waals surface area contributed by atoms with Crippen LogP contribution in [-0.4, -0.2) is 13.4 Å². The predicted octanol–water partition coefficient (Wildman–Crippen LogP) is 24.5. The largest absolute Gasteiger partial charge is 0.416 e. The first-order chi connectivity index (χ1) is 54.9. The van der Waals surface area contributed by atoms with Crippen LogP contribution in [0.5, 0.6) is 0 Å². The van der Waals surface area contributed by atoms with Gasteiger partial charge in [0.05, 0.1) is 11.1 Å². The molecule has 0 fully saturated rings. The van der Waals surface area contributed by atoms with Crippen LogP contribution in [0.15, 0.2) is 364 Å². The zero-order chi connectivity index (χ0) is 74.8. The van der Waals surface area contributed by atoms with E-state index in [4.69, 9.17) is 0 Å². The maximum absolute atomic E-state index is 16.8. The highest BCUT2D eigenvalue weighted by Crippen LogP contribution is 2.58. The highest BCUT2D eigenvalue weighted by atomic mass is 19.4. The Balaban J connectivity index is 1.01. The Morgan fingerprint density at radius 2 is 0.491 bits per heavy atom. The average molecular weight is 1450 g/mol. The third-order valence-electron chi connectivity index (χ3n) is 23.8. The van der Waals surface area contributed by atoms with Gasteiger partial charge in [0, 0.05) is 34.1 Å². The summed E-state index contributed by atoms with van der Waals surface area (Å²) in [7, 11) is 0. The lowest BCUT2D eigenvalue weighted by Gasteiger charge is -2.42. The van der Waals surface area contributed by atoms with Gasteiger partial charge in [0.25, 0.3) is 0 Å². The number of alkyl halides is 6. The minimum absolute atomic E-state index is 0.411. The van der Waals surface area contributed by atoms with Crippen molar-refractivity contribution in [3.8, 4) is 111 Å². The van der Waals surface area contributed by atoms with Gasteiger partial charge >= 0.3 is 12.4 Å². The molecule has 0 bridgehead atoms. The van der Waals surface area contributed by atoms with Crippen molar-refractivity contribution in [2.45, 2.75) is 12.4 Å². The second kappa shape index (κ2) is 24.9. The minimum atomic E-state index is -4.81. The highest BCUT2D eigenvalue weighted by molar-refractivity contribution is 7.02. The van der Waals surface area contributed by atoms with Gasteiger partial charge in [-0.2, -0.15) is 26.3 Å². The van der Waals surface area contributed by atoms with Crippen LogP contribution < -0.4 is 42.6 Å². The Morgan fingerprint density at radius 3 is 0.804 bits per heavy atom. The lowest BCUT2D eigenvalue weighted by molar-refractivity contribution is -0.138. The molecule has 18 aromatic carbocycles. The second-order valence-corrected chi connectivity index (χ2v) is 29.8. The van der Waals surface area contributed by atoms with Gasteiger partial charge < -0.3 is 9.80 Å². The lowest BCUT2D eigenvalue weighted by Crippen LogP contribution is -2.60. The molecule has 4 aliphatic heterocycles. The molecule has 0 saturated carbocycles. The second-order valence-electron chi connectivity index (χ2n) is 29.8. The third kappa shape index (κ3) is 9.96. The standard InChI is InChI=1S/C102H60B2F6N2/c105-101(106,107)69-53-83-79-57-77(93-73(63-33-13-3-14-34-63)49-67(61-29-9-1-10-30-61)50-74(93)64-35-15-4-16-36-64)81-59-87-96-80(84-54-70(102(108,109)110)56-92-100(84)103(87)85-45-25-27-47-89(85)112(92)72-43-23-8-24-44-72)58-78(94-75(65-37-17-5-18-38-65)51-68(62-31-11-2-12-32-62)52-76(94)66-39-19-6-20-40-66)82-60-88(95(79)97(81)98(82)96)104-86-46-26-28-48-90(86)111(91(55-69)99(83)104)71-41-21-7-22-42-71/h1-60H. The number of anilines is 6. The fourth-order valence-electron chi connectivity index (χ4n) is 19.2. The summed E-state index contributed by atoms with van der Waals surface area (Å²) < 4.78 is 101. The quantitative estimate of drug-likeness (QED) is 0.0765. The molecule has 526 valence electrons. The topological polar surface area (TPSA) is 6.48 Å². The van der Waals surface area contributed by atoms with E-state index in [1.165, 1.54) is 24.3 Å². The van der Waals surface area contributed by atoms with Crippen LogP contribution in [0, 0.1) is 0 Å². The summed E-state index contributed by atoms with van der Waals surface area (Å²) >= 11 is 0. The summed E-state index contributed by atoms with van der Waals surface area (Å²) in [5, 5.41) is 4.83. The van der Waals surface area contributed by atoms with Crippen molar-refractivity contribution in [2.75, 3.05) is 9.80 Å². The molecule has 0 radical (unpaired) electrons. The number of nitrogens with zero attached hydrogens (tertiary/aromatic N) is 2. The fraction of sp³-hybridized carbons (Fsp3) is 0.0196.